The Bertz CT molecular complexity index is 742. The van der Waals surface area contributed by atoms with Crippen molar-refractivity contribution in [3.8, 4) is 0 Å². The van der Waals surface area contributed by atoms with E-state index in [2.05, 4.69) is 34.8 Å². The average Bonchev–Trinajstić information content (AvgIpc) is 2.67. The van der Waals surface area contributed by atoms with Gasteiger partial charge in [-0.2, -0.15) is 5.10 Å². The van der Waals surface area contributed by atoms with Crippen molar-refractivity contribution in [1.82, 2.24) is 0 Å². The third-order valence-electron chi connectivity index (χ3n) is 4.88. The van der Waals surface area contributed by atoms with Crippen molar-refractivity contribution in [2.24, 2.45) is 5.10 Å². The van der Waals surface area contributed by atoms with Crippen LogP contribution in [0.3, 0.4) is 0 Å². The summed E-state index contributed by atoms with van der Waals surface area (Å²) in [7, 11) is 0. The van der Waals surface area contributed by atoms with Crippen LogP contribution in [0.4, 0.5) is 5.69 Å². The SMILES string of the molecule is C/C(=N/Nc1ccc(C(=O)[O-])cc1)c1ccc(C2CCCCC2)cc1. The van der Waals surface area contributed by atoms with E-state index in [0.29, 0.717) is 5.92 Å². The largest absolute Gasteiger partial charge is 0.545 e. The molecule has 1 fully saturated rings. The van der Waals surface area contributed by atoms with Gasteiger partial charge in [0.2, 0.25) is 0 Å². The number of aromatic carboxylic acids is 1. The predicted molar refractivity (Wildman–Crippen MR) is 98.9 cm³/mol. The maximum absolute atomic E-state index is 10.7. The Kier molecular flexibility index (Phi) is 5.49. The van der Waals surface area contributed by atoms with Crippen LogP contribution >= 0.6 is 0 Å². The zero-order valence-electron chi connectivity index (χ0n) is 14.5. The average molecular weight is 335 g/mol. The fourth-order valence-corrected chi connectivity index (χ4v) is 3.33. The highest BCUT2D eigenvalue weighted by atomic mass is 16.4. The number of hydrogen-bond acceptors (Lipinski definition) is 4. The number of carbonyl (C=O) groups excluding carboxylic acids is 1. The monoisotopic (exact) mass is 335 g/mol. The van der Waals surface area contributed by atoms with Gasteiger partial charge in [-0.05, 0) is 54.5 Å². The van der Waals surface area contributed by atoms with Crippen LogP contribution in [0.15, 0.2) is 53.6 Å². The summed E-state index contributed by atoms with van der Waals surface area (Å²) >= 11 is 0. The first-order valence-electron chi connectivity index (χ1n) is 8.85. The van der Waals surface area contributed by atoms with Gasteiger partial charge < -0.3 is 9.90 Å². The minimum Gasteiger partial charge on any atom is -0.545 e. The van der Waals surface area contributed by atoms with E-state index in [9.17, 15) is 9.90 Å². The predicted octanol–water partition coefficient (Wildman–Crippen LogP) is 3.93. The summed E-state index contributed by atoms with van der Waals surface area (Å²) in [6.07, 6.45) is 6.66. The van der Waals surface area contributed by atoms with Crippen LogP contribution in [-0.2, 0) is 0 Å². The first kappa shape index (κ1) is 17.2. The molecule has 1 aliphatic carbocycles. The molecule has 130 valence electrons. The molecule has 0 saturated heterocycles. The summed E-state index contributed by atoms with van der Waals surface area (Å²) in [4.78, 5) is 10.7. The van der Waals surface area contributed by atoms with Gasteiger partial charge in [0.1, 0.15) is 0 Å². The fraction of sp³-hybridized carbons (Fsp3) is 0.333. The van der Waals surface area contributed by atoms with Gasteiger partial charge in [0.25, 0.3) is 0 Å². The van der Waals surface area contributed by atoms with Crippen LogP contribution in [0.1, 0.15) is 66.4 Å². The number of hydrogen-bond donors (Lipinski definition) is 1. The van der Waals surface area contributed by atoms with Crippen molar-refractivity contribution in [3.63, 3.8) is 0 Å². The molecule has 2 aromatic carbocycles. The van der Waals surface area contributed by atoms with E-state index < -0.39 is 5.97 Å². The molecule has 25 heavy (non-hydrogen) atoms. The van der Waals surface area contributed by atoms with Crippen LogP contribution < -0.4 is 10.5 Å². The van der Waals surface area contributed by atoms with Crippen LogP contribution in [0.5, 0.6) is 0 Å². The maximum atomic E-state index is 10.7. The summed E-state index contributed by atoms with van der Waals surface area (Å²) < 4.78 is 0. The van der Waals surface area contributed by atoms with E-state index in [0.717, 1.165) is 17.0 Å². The molecule has 1 aliphatic rings. The number of carboxylic acid groups (broad SMARTS) is 1. The number of hydrazone groups is 1. The third kappa shape index (κ3) is 4.47. The molecule has 1 saturated carbocycles. The highest BCUT2D eigenvalue weighted by Gasteiger charge is 2.15. The second-order valence-electron chi connectivity index (χ2n) is 6.63. The second-order valence-corrected chi connectivity index (χ2v) is 6.63. The number of nitrogens with zero attached hydrogens (tertiary/aromatic N) is 1. The first-order chi connectivity index (χ1) is 12.1. The topological polar surface area (TPSA) is 64.5 Å². The minimum absolute atomic E-state index is 0.157. The number of carbonyl (C=O) groups is 1. The number of rotatable bonds is 5. The Morgan fingerprint density at radius 2 is 1.56 bits per heavy atom. The summed E-state index contributed by atoms with van der Waals surface area (Å²) in [5.41, 5.74) is 7.26. The third-order valence-corrected chi connectivity index (χ3v) is 4.88. The Balaban J connectivity index is 1.64. The van der Waals surface area contributed by atoms with Crippen LogP contribution in [0, 0.1) is 0 Å². The molecule has 3 rings (SSSR count). The van der Waals surface area contributed by atoms with Crippen molar-refractivity contribution in [1.29, 1.82) is 0 Å². The lowest BCUT2D eigenvalue weighted by atomic mass is 9.84. The van der Waals surface area contributed by atoms with Crippen molar-refractivity contribution in [2.45, 2.75) is 44.9 Å². The molecule has 0 radical (unpaired) electrons. The Hall–Kier alpha value is -2.62. The molecule has 4 nitrogen and oxygen atoms in total. The van der Waals surface area contributed by atoms with Crippen molar-refractivity contribution < 1.29 is 9.90 Å². The van der Waals surface area contributed by atoms with Gasteiger partial charge in [0.15, 0.2) is 0 Å². The summed E-state index contributed by atoms with van der Waals surface area (Å²) in [5.74, 6) is -0.468. The van der Waals surface area contributed by atoms with E-state index in [1.165, 1.54) is 49.8 Å². The van der Waals surface area contributed by atoms with Crippen molar-refractivity contribution >= 4 is 17.4 Å². The standard InChI is InChI=1S/C21H24N2O2/c1-15(22-23-20-13-11-19(12-14-20)21(24)25)16-7-9-18(10-8-16)17-5-3-2-4-6-17/h7-14,17,23H,2-6H2,1H3,(H,24,25)/p-1/b22-15-. The van der Waals surface area contributed by atoms with Gasteiger partial charge in [-0.3, -0.25) is 5.43 Å². The van der Waals surface area contributed by atoms with Gasteiger partial charge in [-0.15, -0.1) is 0 Å². The molecule has 0 bridgehead atoms. The Labute approximate surface area is 148 Å². The maximum Gasteiger partial charge on any atom is 0.0715 e. The zero-order chi connectivity index (χ0) is 17.6. The van der Waals surface area contributed by atoms with Gasteiger partial charge in [0, 0.05) is 0 Å². The molecule has 4 heteroatoms. The second kappa shape index (κ2) is 7.97. The van der Waals surface area contributed by atoms with Gasteiger partial charge in [-0.25, -0.2) is 0 Å². The zero-order valence-corrected chi connectivity index (χ0v) is 14.5. The van der Waals surface area contributed by atoms with Crippen LogP contribution in [-0.4, -0.2) is 11.7 Å². The molecular weight excluding hydrogens is 312 g/mol. The smallest absolute Gasteiger partial charge is 0.0715 e. The molecule has 0 heterocycles. The Morgan fingerprint density at radius 3 is 2.16 bits per heavy atom. The Morgan fingerprint density at radius 1 is 0.960 bits per heavy atom. The van der Waals surface area contributed by atoms with E-state index >= 15 is 0 Å². The summed E-state index contributed by atoms with van der Waals surface area (Å²) in [6, 6.07) is 15.1. The van der Waals surface area contributed by atoms with Crippen molar-refractivity contribution in [2.75, 3.05) is 5.43 Å². The van der Waals surface area contributed by atoms with E-state index in [-0.39, 0.29) is 5.56 Å². The lowest BCUT2D eigenvalue weighted by molar-refractivity contribution is -0.255. The minimum atomic E-state index is -1.18. The lowest BCUT2D eigenvalue weighted by Gasteiger charge is -2.22. The quantitative estimate of drug-likeness (QED) is 0.665. The van der Waals surface area contributed by atoms with Gasteiger partial charge in [-0.1, -0.05) is 55.7 Å². The molecule has 0 unspecified atom stereocenters. The fourth-order valence-electron chi connectivity index (χ4n) is 3.33. The molecular formula is C21H23N2O2-. The van der Waals surface area contributed by atoms with Crippen molar-refractivity contribution in [3.05, 3.63) is 65.2 Å². The highest BCUT2D eigenvalue weighted by Crippen LogP contribution is 2.32. The summed E-state index contributed by atoms with van der Waals surface area (Å²) in [5, 5.41) is 15.1. The number of carboxylic acids is 1. The van der Waals surface area contributed by atoms with Crippen LogP contribution in [0.25, 0.3) is 0 Å². The molecule has 0 spiro atoms. The van der Waals surface area contributed by atoms with Gasteiger partial charge >= 0.3 is 0 Å². The lowest BCUT2D eigenvalue weighted by Crippen LogP contribution is -2.21. The molecule has 1 N–H and O–H groups in total. The normalized spacial score (nSPS) is 15.8. The molecule has 0 amide bonds. The summed E-state index contributed by atoms with van der Waals surface area (Å²) in [6.45, 7) is 1.96. The van der Waals surface area contributed by atoms with Crippen LogP contribution in [0.2, 0.25) is 0 Å². The van der Waals surface area contributed by atoms with E-state index in [4.69, 9.17) is 0 Å². The van der Waals surface area contributed by atoms with Gasteiger partial charge in [0.05, 0.1) is 17.4 Å². The molecule has 0 aromatic heterocycles. The molecule has 0 atom stereocenters. The number of benzene rings is 2. The first-order valence-corrected chi connectivity index (χ1v) is 8.85. The number of nitrogens with one attached hydrogen (secondary N) is 1. The molecule has 2 aromatic rings. The van der Waals surface area contributed by atoms with E-state index in [1.807, 2.05) is 6.92 Å². The van der Waals surface area contributed by atoms with E-state index in [1.54, 1.807) is 12.1 Å². The highest BCUT2D eigenvalue weighted by molar-refractivity contribution is 5.99. The molecule has 0 aliphatic heterocycles. The number of anilines is 1.